The maximum absolute atomic E-state index is 12.0. The fourth-order valence-corrected chi connectivity index (χ4v) is 2.53. The summed E-state index contributed by atoms with van der Waals surface area (Å²) in [5, 5.41) is 11.9. The Hall–Kier alpha value is -1.30. The van der Waals surface area contributed by atoms with Crippen molar-refractivity contribution in [1.29, 1.82) is 0 Å². The van der Waals surface area contributed by atoms with E-state index in [4.69, 9.17) is 9.84 Å². The second-order valence-electron chi connectivity index (χ2n) is 5.04. The molecule has 2 amide bonds. The van der Waals surface area contributed by atoms with E-state index in [0.29, 0.717) is 26.1 Å². The van der Waals surface area contributed by atoms with Crippen LogP contribution in [0.5, 0.6) is 0 Å². The van der Waals surface area contributed by atoms with Crippen molar-refractivity contribution < 1.29 is 19.4 Å². The number of nitrogens with one attached hydrogen (secondary N) is 1. The number of piperidine rings is 1. The second-order valence-corrected chi connectivity index (χ2v) is 5.04. The lowest BCUT2D eigenvalue weighted by Crippen LogP contribution is -2.51. The van der Waals surface area contributed by atoms with E-state index < -0.39 is 11.9 Å². The number of carbonyl (C=O) groups excluding carboxylic acids is 1. The first-order valence-electron chi connectivity index (χ1n) is 6.48. The quantitative estimate of drug-likeness (QED) is 0.761. The van der Waals surface area contributed by atoms with Crippen molar-refractivity contribution in [3.8, 4) is 0 Å². The van der Waals surface area contributed by atoms with Gasteiger partial charge in [-0.3, -0.25) is 4.79 Å². The zero-order valence-corrected chi connectivity index (χ0v) is 10.6. The van der Waals surface area contributed by atoms with Crippen molar-refractivity contribution in [2.75, 3.05) is 19.7 Å². The Kier molecular flexibility index (Phi) is 4.06. The van der Waals surface area contributed by atoms with Crippen LogP contribution in [-0.4, -0.2) is 53.8 Å². The molecule has 0 radical (unpaired) electrons. The SMILES string of the molecule is CC1OCCC1NC(=O)N1CCCC(C(=O)O)C1. The molecule has 2 fully saturated rings. The molecule has 0 aromatic carbocycles. The van der Waals surface area contributed by atoms with Crippen LogP contribution in [0.25, 0.3) is 0 Å². The molecule has 3 atom stereocenters. The van der Waals surface area contributed by atoms with Crippen molar-refractivity contribution in [1.82, 2.24) is 10.2 Å². The standard InChI is InChI=1S/C12H20N2O4/c1-8-10(4-6-18-8)13-12(17)14-5-2-3-9(7-14)11(15)16/h8-10H,2-7H2,1H3,(H,13,17)(H,15,16). The number of aliphatic carboxylic acids is 1. The molecule has 0 aromatic heterocycles. The minimum atomic E-state index is -0.815. The Bertz CT molecular complexity index is 334. The minimum Gasteiger partial charge on any atom is -0.481 e. The molecule has 2 N–H and O–H groups in total. The molecular weight excluding hydrogens is 236 g/mol. The molecule has 6 nitrogen and oxygen atoms in total. The van der Waals surface area contributed by atoms with Crippen LogP contribution in [0.15, 0.2) is 0 Å². The summed E-state index contributed by atoms with van der Waals surface area (Å²) in [5.41, 5.74) is 0. The summed E-state index contributed by atoms with van der Waals surface area (Å²) in [6.07, 6.45) is 2.26. The van der Waals surface area contributed by atoms with E-state index in [-0.39, 0.29) is 18.2 Å². The van der Waals surface area contributed by atoms with Crippen LogP contribution in [0.1, 0.15) is 26.2 Å². The molecule has 0 spiro atoms. The fourth-order valence-electron chi connectivity index (χ4n) is 2.53. The summed E-state index contributed by atoms with van der Waals surface area (Å²) in [5.74, 6) is -1.24. The first kappa shape index (κ1) is 13.1. The molecule has 2 aliphatic rings. The van der Waals surface area contributed by atoms with Gasteiger partial charge in [-0.25, -0.2) is 4.79 Å². The fraction of sp³-hybridized carbons (Fsp3) is 0.833. The zero-order valence-electron chi connectivity index (χ0n) is 10.6. The molecule has 0 aliphatic carbocycles. The number of urea groups is 1. The highest BCUT2D eigenvalue weighted by atomic mass is 16.5. The highest BCUT2D eigenvalue weighted by molar-refractivity contribution is 5.76. The van der Waals surface area contributed by atoms with Gasteiger partial charge < -0.3 is 20.1 Å². The summed E-state index contributed by atoms with van der Waals surface area (Å²) in [7, 11) is 0. The van der Waals surface area contributed by atoms with E-state index in [1.54, 1.807) is 4.90 Å². The van der Waals surface area contributed by atoms with Crippen molar-refractivity contribution >= 4 is 12.0 Å². The molecule has 2 rings (SSSR count). The number of carbonyl (C=O) groups is 2. The smallest absolute Gasteiger partial charge is 0.317 e. The first-order chi connectivity index (χ1) is 8.58. The van der Waals surface area contributed by atoms with Crippen LogP contribution in [0.3, 0.4) is 0 Å². The van der Waals surface area contributed by atoms with E-state index in [9.17, 15) is 9.59 Å². The molecule has 6 heteroatoms. The lowest BCUT2D eigenvalue weighted by Gasteiger charge is -2.32. The van der Waals surface area contributed by atoms with Crippen LogP contribution in [0.2, 0.25) is 0 Å². The molecular formula is C12H20N2O4. The van der Waals surface area contributed by atoms with E-state index in [0.717, 1.165) is 12.8 Å². The average Bonchev–Trinajstić information content (AvgIpc) is 2.75. The van der Waals surface area contributed by atoms with Crippen LogP contribution >= 0.6 is 0 Å². The van der Waals surface area contributed by atoms with Crippen molar-refractivity contribution in [2.24, 2.45) is 5.92 Å². The number of amides is 2. The van der Waals surface area contributed by atoms with Crippen LogP contribution in [0, 0.1) is 5.92 Å². The van der Waals surface area contributed by atoms with Gasteiger partial charge >= 0.3 is 12.0 Å². The lowest BCUT2D eigenvalue weighted by atomic mass is 9.98. The number of ether oxygens (including phenoxy) is 1. The van der Waals surface area contributed by atoms with Gasteiger partial charge in [-0.15, -0.1) is 0 Å². The Morgan fingerprint density at radius 1 is 1.39 bits per heavy atom. The van der Waals surface area contributed by atoms with Gasteiger partial charge in [0, 0.05) is 19.7 Å². The molecule has 18 heavy (non-hydrogen) atoms. The maximum atomic E-state index is 12.0. The number of carboxylic acids is 1. The van der Waals surface area contributed by atoms with Crippen molar-refractivity contribution in [3.63, 3.8) is 0 Å². The predicted molar refractivity (Wildman–Crippen MR) is 64.3 cm³/mol. The first-order valence-corrected chi connectivity index (χ1v) is 6.48. The van der Waals surface area contributed by atoms with Crippen LogP contribution in [-0.2, 0) is 9.53 Å². The molecule has 2 aliphatic heterocycles. The number of hydrogen-bond acceptors (Lipinski definition) is 3. The van der Waals surface area contributed by atoms with Gasteiger partial charge in [-0.2, -0.15) is 0 Å². The van der Waals surface area contributed by atoms with Gasteiger partial charge in [0.25, 0.3) is 0 Å². The Morgan fingerprint density at radius 3 is 2.78 bits per heavy atom. The Balaban J connectivity index is 1.86. The van der Waals surface area contributed by atoms with Gasteiger partial charge in [0.2, 0.25) is 0 Å². The number of nitrogens with zero attached hydrogens (tertiary/aromatic N) is 1. The maximum Gasteiger partial charge on any atom is 0.317 e. The third-order valence-corrected chi connectivity index (χ3v) is 3.74. The summed E-state index contributed by atoms with van der Waals surface area (Å²) in [6.45, 7) is 3.55. The third-order valence-electron chi connectivity index (χ3n) is 3.74. The normalized spacial score (nSPS) is 32.3. The topological polar surface area (TPSA) is 78.9 Å². The lowest BCUT2D eigenvalue weighted by molar-refractivity contribution is -0.143. The summed E-state index contributed by atoms with van der Waals surface area (Å²) >= 11 is 0. The van der Waals surface area contributed by atoms with E-state index >= 15 is 0 Å². The number of rotatable bonds is 2. The highest BCUT2D eigenvalue weighted by Gasteiger charge is 2.31. The van der Waals surface area contributed by atoms with Crippen LogP contribution in [0.4, 0.5) is 4.79 Å². The monoisotopic (exact) mass is 256 g/mol. The highest BCUT2D eigenvalue weighted by Crippen LogP contribution is 2.18. The number of hydrogen-bond donors (Lipinski definition) is 2. The number of carboxylic acid groups (broad SMARTS) is 1. The van der Waals surface area contributed by atoms with Gasteiger partial charge in [0.15, 0.2) is 0 Å². The van der Waals surface area contributed by atoms with Crippen molar-refractivity contribution in [2.45, 2.75) is 38.3 Å². The number of likely N-dealkylation sites (tertiary alicyclic amines) is 1. The van der Waals surface area contributed by atoms with E-state index in [1.165, 1.54) is 0 Å². The third kappa shape index (κ3) is 2.93. The Morgan fingerprint density at radius 2 is 2.17 bits per heavy atom. The predicted octanol–water partition coefficient (Wildman–Crippen LogP) is 0.670. The molecule has 0 saturated carbocycles. The molecule has 0 bridgehead atoms. The van der Waals surface area contributed by atoms with E-state index in [2.05, 4.69) is 5.32 Å². The molecule has 0 aromatic rings. The van der Waals surface area contributed by atoms with Crippen LogP contribution < -0.4 is 5.32 Å². The summed E-state index contributed by atoms with van der Waals surface area (Å²) in [6, 6.07) is -0.119. The average molecular weight is 256 g/mol. The molecule has 102 valence electrons. The van der Waals surface area contributed by atoms with Gasteiger partial charge in [0.05, 0.1) is 18.1 Å². The second kappa shape index (κ2) is 5.56. The molecule has 2 heterocycles. The molecule has 2 saturated heterocycles. The zero-order chi connectivity index (χ0) is 13.1. The minimum absolute atomic E-state index is 0.0361. The Labute approximate surface area is 106 Å². The summed E-state index contributed by atoms with van der Waals surface area (Å²) < 4.78 is 5.39. The van der Waals surface area contributed by atoms with E-state index in [1.807, 2.05) is 6.92 Å². The molecule has 3 unspecified atom stereocenters. The van der Waals surface area contributed by atoms with Gasteiger partial charge in [-0.05, 0) is 26.2 Å². The van der Waals surface area contributed by atoms with Gasteiger partial charge in [-0.1, -0.05) is 0 Å². The largest absolute Gasteiger partial charge is 0.481 e. The summed E-state index contributed by atoms with van der Waals surface area (Å²) in [4.78, 5) is 24.6. The van der Waals surface area contributed by atoms with Gasteiger partial charge in [0.1, 0.15) is 0 Å². The van der Waals surface area contributed by atoms with Crippen molar-refractivity contribution in [3.05, 3.63) is 0 Å².